The highest BCUT2D eigenvalue weighted by atomic mass is 19.3. The summed E-state index contributed by atoms with van der Waals surface area (Å²) >= 11 is 0. The number of anilines is 2. The van der Waals surface area contributed by atoms with Gasteiger partial charge in [0, 0.05) is 23.4 Å². The van der Waals surface area contributed by atoms with Gasteiger partial charge < -0.3 is 15.5 Å². The molecular weight excluding hydrogens is 252 g/mol. The fraction of sp³-hybridized carbons (Fsp3) is 0.308. The minimum atomic E-state index is -2.58. The van der Waals surface area contributed by atoms with Crippen molar-refractivity contribution in [3.63, 3.8) is 0 Å². The minimum Gasteiger partial charge on any atom is -0.444 e. The van der Waals surface area contributed by atoms with Crippen LogP contribution in [0.5, 0.6) is 0 Å². The van der Waals surface area contributed by atoms with Gasteiger partial charge in [0.1, 0.15) is 5.76 Å². The van der Waals surface area contributed by atoms with Crippen LogP contribution >= 0.6 is 0 Å². The molecule has 0 radical (unpaired) electrons. The number of aryl methyl sites for hydroxylation is 1. The van der Waals surface area contributed by atoms with E-state index < -0.39 is 6.43 Å². The van der Waals surface area contributed by atoms with Gasteiger partial charge in [-0.3, -0.25) is 0 Å². The van der Waals surface area contributed by atoms with Gasteiger partial charge in [0.2, 0.25) is 5.89 Å². The van der Waals surface area contributed by atoms with Crippen LogP contribution in [0.15, 0.2) is 28.8 Å². The van der Waals surface area contributed by atoms with Crippen LogP contribution in [-0.4, -0.2) is 4.98 Å². The molecule has 19 heavy (non-hydrogen) atoms. The molecule has 1 aromatic carbocycles. The van der Waals surface area contributed by atoms with E-state index >= 15 is 0 Å². The third-order valence-electron chi connectivity index (χ3n) is 2.69. The van der Waals surface area contributed by atoms with Gasteiger partial charge >= 0.3 is 0 Å². The van der Waals surface area contributed by atoms with E-state index in [2.05, 4.69) is 10.3 Å². The van der Waals surface area contributed by atoms with Gasteiger partial charge in [0.15, 0.2) is 0 Å². The van der Waals surface area contributed by atoms with Crippen molar-refractivity contribution in [2.24, 2.45) is 0 Å². The Hall–Kier alpha value is -2.11. The van der Waals surface area contributed by atoms with E-state index in [-0.39, 0.29) is 12.1 Å². The number of oxazole rings is 1. The van der Waals surface area contributed by atoms with E-state index in [1.807, 2.05) is 6.92 Å². The number of nitrogens with one attached hydrogen (secondary N) is 1. The molecule has 0 fully saturated rings. The monoisotopic (exact) mass is 267 g/mol. The van der Waals surface area contributed by atoms with Gasteiger partial charge in [-0.1, -0.05) is 6.92 Å². The van der Waals surface area contributed by atoms with Crippen molar-refractivity contribution in [3.05, 3.63) is 41.6 Å². The lowest BCUT2D eigenvalue weighted by atomic mass is 10.1. The van der Waals surface area contributed by atoms with Gasteiger partial charge in [-0.05, 0) is 18.2 Å². The lowest BCUT2D eigenvalue weighted by Gasteiger charge is -2.11. The molecule has 4 nitrogen and oxygen atoms in total. The molecule has 2 rings (SSSR count). The lowest BCUT2D eigenvalue weighted by molar-refractivity contribution is 0.152. The molecule has 3 N–H and O–H groups in total. The summed E-state index contributed by atoms with van der Waals surface area (Å²) in [6.45, 7) is 2.20. The Morgan fingerprint density at radius 1 is 1.42 bits per heavy atom. The first-order chi connectivity index (χ1) is 9.10. The van der Waals surface area contributed by atoms with Gasteiger partial charge in [0.05, 0.1) is 12.7 Å². The largest absolute Gasteiger partial charge is 0.444 e. The molecule has 0 bridgehead atoms. The summed E-state index contributed by atoms with van der Waals surface area (Å²) < 4.78 is 31.1. The van der Waals surface area contributed by atoms with Crippen LogP contribution < -0.4 is 11.1 Å². The highest BCUT2D eigenvalue weighted by Gasteiger charge is 2.13. The molecule has 0 aliphatic heterocycles. The second-order valence-corrected chi connectivity index (χ2v) is 4.07. The van der Waals surface area contributed by atoms with Crippen LogP contribution in [0.25, 0.3) is 0 Å². The lowest BCUT2D eigenvalue weighted by Crippen LogP contribution is -2.03. The van der Waals surface area contributed by atoms with E-state index in [1.54, 1.807) is 12.3 Å². The van der Waals surface area contributed by atoms with E-state index in [1.165, 1.54) is 12.1 Å². The van der Waals surface area contributed by atoms with Crippen molar-refractivity contribution in [3.8, 4) is 0 Å². The molecule has 0 saturated heterocycles. The van der Waals surface area contributed by atoms with Gasteiger partial charge in [-0.15, -0.1) is 0 Å². The average Bonchev–Trinajstić information content (AvgIpc) is 2.85. The fourth-order valence-corrected chi connectivity index (χ4v) is 1.69. The number of rotatable bonds is 5. The van der Waals surface area contributed by atoms with Crippen molar-refractivity contribution < 1.29 is 13.2 Å². The molecule has 0 aliphatic rings. The number of alkyl halides is 2. The number of hydrogen-bond donors (Lipinski definition) is 2. The van der Waals surface area contributed by atoms with Crippen LogP contribution in [0.2, 0.25) is 0 Å². The van der Waals surface area contributed by atoms with E-state index in [4.69, 9.17) is 10.2 Å². The Bertz CT molecular complexity index is 555. The third kappa shape index (κ3) is 3.21. The maximum atomic E-state index is 12.9. The smallest absolute Gasteiger partial charge is 0.265 e. The Balaban J connectivity index is 2.10. The molecule has 0 amide bonds. The number of nitrogens with zero attached hydrogens (tertiary/aromatic N) is 1. The Morgan fingerprint density at radius 2 is 2.21 bits per heavy atom. The van der Waals surface area contributed by atoms with Crippen LogP contribution in [0, 0.1) is 0 Å². The highest BCUT2D eigenvalue weighted by molar-refractivity contribution is 5.58. The second kappa shape index (κ2) is 5.69. The summed E-state index contributed by atoms with van der Waals surface area (Å²) in [7, 11) is 0. The van der Waals surface area contributed by atoms with Crippen molar-refractivity contribution in [2.75, 3.05) is 11.1 Å². The van der Waals surface area contributed by atoms with Gasteiger partial charge in [0.25, 0.3) is 6.43 Å². The van der Waals surface area contributed by atoms with Gasteiger partial charge in [-0.25, -0.2) is 13.8 Å². The minimum absolute atomic E-state index is 0.123. The molecule has 0 spiro atoms. The molecule has 6 heteroatoms. The molecule has 0 unspecified atom stereocenters. The molecule has 0 atom stereocenters. The van der Waals surface area contributed by atoms with Gasteiger partial charge in [-0.2, -0.15) is 0 Å². The average molecular weight is 267 g/mol. The maximum Gasteiger partial charge on any atom is 0.265 e. The highest BCUT2D eigenvalue weighted by Crippen LogP contribution is 2.29. The summed E-state index contributed by atoms with van der Waals surface area (Å²) in [5, 5.41) is 2.88. The molecule has 2 aromatic rings. The molecular formula is C13H15F2N3O. The van der Waals surface area contributed by atoms with Crippen molar-refractivity contribution in [2.45, 2.75) is 26.3 Å². The number of nitrogen functional groups attached to an aromatic ring is 1. The number of benzene rings is 1. The zero-order chi connectivity index (χ0) is 13.8. The predicted molar refractivity (Wildman–Crippen MR) is 69.0 cm³/mol. The maximum absolute atomic E-state index is 12.9. The van der Waals surface area contributed by atoms with E-state index in [0.29, 0.717) is 17.3 Å². The Kier molecular flexibility index (Phi) is 3.99. The van der Waals surface area contributed by atoms with Crippen LogP contribution in [0.4, 0.5) is 20.2 Å². The van der Waals surface area contributed by atoms with Crippen LogP contribution in [-0.2, 0) is 13.0 Å². The molecule has 1 heterocycles. The zero-order valence-corrected chi connectivity index (χ0v) is 10.5. The summed E-state index contributed by atoms with van der Waals surface area (Å²) in [6.07, 6.45) is -0.202. The number of hydrogen-bond acceptors (Lipinski definition) is 4. The second-order valence-electron chi connectivity index (χ2n) is 4.07. The van der Waals surface area contributed by atoms with Crippen molar-refractivity contribution in [1.29, 1.82) is 0 Å². The summed E-state index contributed by atoms with van der Waals surface area (Å²) in [5.74, 6) is 1.23. The van der Waals surface area contributed by atoms with Crippen molar-refractivity contribution >= 4 is 11.4 Å². The fourth-order valence-electron chi connectivity index (χ4n) is 1.69. The number of nitrogens with two attached hydrogens (primary N) is 1. The molecule has 102 valence electrons. The summed E-state index contributed by atoms with van der Waals surface area (Å²) in [4.78, 5) is 4.05. The first kappa shape index (κ1) is 13.3. The molecule has 0 aliphatic carbocycles. The zero-order valence-electron chi connectivity index (χ0n) is 10.5. The number of aromatic nitrogens is 1. The molecule has 1 aromatic heterocycles. The SMILES string of the molecule is CCc1cnc(CNc2ccc(N)cc2C(F)F)o1. The molecule has 0 saturated carbocycles. The predicted octanol–water partition coefficient (Wildman–Crippen LogP) is 3.37. The van der Waals surface area contributed by atoms with Crippen LogP contribution in [0.1, 0.15) is 30.6 Å². The standard InChI is InChI=1S/C13H15F2N3O/c1-2-9-6-18-12(19-9)7-17-11-4-3-8(16)5-10(11)13(14)15/h3-6,13,17H,2,7,16H2,1H3. The first-order valence-electron chi connectivity index (χ1n) is 5.95. The summed E-state index contributed by atoms with van der Waals surface area (Å²) in [6, 6.07) is 4.36. The van der Waals surface area contributed by atoms with Crippen LogP contribution in [0.3, 0.4) is 0 Å². The third-order valence-corrected chi connectivity index (χ3v) is 2.69. The first-order valence-corrected chi connectivity index (χ1v) is 5.95. The number of halogens is 2. The Morgan fingerprint density at radius 3 is 2.84 bits per heavy atom. The van der Waals surface area contributed by atoms with E-state index in [9.17, 15) is 8.78 Å². The summed E-state index contributed by atoms with van der Waals surface area (Å²) in [5.41, 5.74) is 6.02. The Labute approximate surface area is 109 Å². The quantitative estimate of drug-likeness (QED) is 0.815. The van der Waals surface area contributed by atoms with Crippen molar-refractivity contribution in [1.82, 2.24) is 4.98 Å². The van der Waals surface area contributed by atoms with E-state index in [0.717, 1.165) is 12.2 Å². The normalized spacial score (nSPS) is 10.9. The topological polar surface area (TPSA) is 64.1 Å².